The van der Waals surface area contributed by atoms with Crippen molar-refractivity contribution in [2.24, 2.45) is 12.5 Å². The summed E-state index contributed by atoms with van der Waals surface area (Å²) in [6.45, 7) is 2.45. The predicted octanol–water partition coefficient (Wildman–Crippen LogP) is 3.51. The number of benzene rings is 1. The summed E-state index contributed by atoms with van der Waals surface area (Å²) in [7, 11) is 4.23. The molecule has 0 N–H and O–H groups in total. The lowest BCUT2D eigenvalue weighted by Gasteiger charge is -2.51. The van der Waals surface area contributed by atoms with Gasteiger partial charge in [0, 0.05) is 43.0 Å². The summed E-state index contributed by atoms with van der Waals surface area (Å²) in [6, 6.07) is 12.1. The molecule has 5 nitrogen and oxygen atoms in total. The van der Waals surface area contributed by atoms with Gasteiger partial charge in [0.15, 0.2) is 5.82 Å². The molecule has 2 bridgehead atoms. The van der Waals surface area contributed by atoms with Crippen LogP contribution in [0.1, 0.15) is 55.2 Å². The average molecular weight is 393 g/mol. The highest BCUT2D eigenvalue weighted by molar-refractivity contribution is 5.91. The molecule has 2 aromatic rings. The zero-order valence-corrected chi connectivity index (χ0v) is 17.8. The first-order chi connectivity index (χ1) is 14.0. The van der Waals surface area contributed by atoms with E-state index in [4.69, 9.17) is 0 Å². The van der Waals surface area contributed by atoms with Gasteiger partial charge in [-0.3, -0.25) is 9.69 Å². The minimum atomic E-state index is 0.107. The van der Waals surface area contributed by atoms with Crippen LogP contribution < -0.4 is 0 Å². The van der Waals surface area contributed by atoms with Gasteiger partial charge >= 0.3 is 0 Å². The standard InChI is InChI=1S/C24H32N4O/c1-24-16-19-18(15-17-9-5-4-6-10-17)28(23(29)22-25-13-14-26(22)2)21(24)12-8-7-11-20(24)27(19)3/h4-6,9-10,13-14,18-21H,7-8,11-12,15-16H2,1-3H3/t18-,19-,20-,21+,24-/m0/s1. The van der Waals surface area contributed by atoms with Gasteiger partial charge in [-0.05, 0) is 38.3 Å². The third kappa shape index (κ3) is 2.85. The molecule has 154 valence electrons. The number of amides is 1. The van der Waals surface area contributed by atoms with Crippen LogP contribution in [0.5, 0.6) is 0 Å². The van der Waals surface area contributed by atoms with Crippen LogP contribution in [-0.4, -0.2) is 56.5 Å². The van der Waals surface area contributed by atoms with Crippen molar-refractivity contribution < 1.29 is 4.79 Å². The molecule has 3 fully saturated rings. The van der Waals surface area contributed by atoms with Crippen molar-refractivity contribution in [1.29, 1.82) is 0 Å². The van der Waals surface area contributed by atoms with E-state index in [1.165, 1.54) is 31.2 Å². The van der Waals surface area contributed by atoms with E-state index < -0.39 is 0 Å². The minimum absolute atomic E-state index is 0.107. The molecule has 0 unspecified atom stereocenters. The second-order valence-corrected chi connectivity index (χ2v) is 9.59. The number of aromatic nitrogens is 2. The number of carbonyl (C=O) groups excluding carboxylic acids is 1. The molecule has 0 spiro atoms. The number of carbonyl (C=O) groups is 1. The molecule has 3 heterocycles. The molecule has 1 amide bonds. The highest BCUT2D eigenvalue weighted by atomic mass is 16.2. The maximum atomic E-state index is 13.9. The molecule has 1 saturated carbocycles. The summed E-state index contributed by atoms with van der Waals surface area (Å²) >= 11 is 0. The van der Waals surface area contributed by atoms with E-state index in [9.17, 15) is 4.79 Å². The monoisotopic (exact) mass is 392 g/mol. The lowest BCUT2D eigenvalue weighted by atomic mass is 9.69. The Hall–Kier alpha value is -2.14. The minimum Gasteiger partial charge on any atom is -0.330 e. The van der Waals surface area contributed by atoms with E-state index in [1.807, 2.05) is 17.8 Å². The summed E-state index contributed by atoms with van der Waals surface area (Å²) < 4.78 is 1.87. The van der Waals surface area contributed by atoms with Gasteiger partial charge in [0.2, 0.25) is 0 Å². The summed E-state index contributed by atoms with van der Waals surface area (Å²) in [4.78, 5) is 23.2. The molecule has 1 aromatic carbocycles. The highest BCUT2D eigenvalue weighted by Gasteiger charge is 2.61. The quantitative estimate of drug-likeness (QED) is 0.803. The maximum absolute atomic E-state index is 13.9. The van der Waals surface area contributed by atoms with Gasteiger partial charge in [-0.1, -0.05) is 50.1 Å². The smallest absolute Gasteiger partial charge is 0.290 e. The highest BCUT2D eigenvalue weighted by Crippen LogP contribution is 2.55. The Balaban J connectivity index is 1.60. The second kappa shape index (κ2) is 6.98. The van der Waals surface area contributed by atoms with E-state index in [0.29, 0.717) is 17.9 Å². The largest absolute Gasteiger partial charge is 0.330 e. The molecule has 0 radical (unpaired) electrons. The van der Waals surface area contributed by atoms with Crippen LogP contribution in [0.3, 0.4) is 0 Å². The van der Waals surface area contributed by atoms with Gasteiger partial charge in [0.05, 0.1) is 6.04 Å². The zero-order chi connectivity index (χ0) is 20.2. The van der Waals surface area contributed by atoms with E-state index >= 15 is 0 Å². The van der Waals surface area contributed by atoms with Gasteiger partial charge in [-0.2, -0.15) is 0 Å². The number of hydrogen-bond acceptors (Lipinski definition) is 3. The molecule has 5 heteroatoms. The zero-order valence-electron chi connectivity index (χ0n) is 17.8. The Bertz CT molecular complexity index is 893. The Morgan fingerprint density at radius 1 is 1.14 bits per heavy atom. The van der Waals surface area contributed by atoms with Crippen LogP contribution in [0.15, 0.2) is 42.7 Å². The number of piperidine rings is 1. The van der Waals surface area contributed by atoms with Crippen LogP contribution in [-0.2, 0) is 13.5 Å². The van der Waals surface area contributed by atoms with Crippen LogP contribution in [0.2, 0.25) is 0 Å². The molecule has 2 saturated heterocycles. The van der Waals surface area contributed by atoms with Crippen molar-refractivity contribution in [2.45, 2.75) is 69.6 Å². The molecule has 3 aliphatic rings. The van der Waals surface area contributed by atoms with E-state index in [-0.39, 0.29) is 23.4 Å². The molecular formula is C24H32N4O. The summed E-state index contributed by atoms with van der Waals surface area (Å²) in [5, 5.41) is 0. The van der Waals surface area contributed by atoms with Crippen molar-refractivity contribution in [3.8, 4) is 0 Å². The Morgan fingerprint density at radius 3 is 2.55 bits per heavy atom. The first-order valence-corrected chi connectivity index (χ1v) is 11.1. The summed E-state index contributed by atoms with van der Waals surface area (Å²) in [5.74, 6) is 0.673. The molecule has 5 atom stereocenters. The van der Waals surface area contributed by atoms with Crippen molar-refractivity contribution in [2.75, 3.05) is 7.05 Å². The number of hydrogen-bond donors (Lipinski definition) is 0. The number of rotatable bonds is 3. The van der Waals surface area contributed by atoms with Gasteiger partial charge in [-0.15, -0.1) is 0 Å². The van der Waals surface area contributed by atoms with Gasteiger partial charge in [0.1, 0.15) is 0 Å². The van der Waals surface area contributed by atoms with E-state index in [1.54, 1.807) is 6.20 Å². The van der Waals surface area contributed by atoms with Crippen LogP contribution in [0, 0.1) is 5.41 Å². The number of imidazole rings is 1. The fraction of sp³-hybridized carbons (Fsp3) is 0.583. The van der Waals surface area contributed by atoms with Crippen LogP contribution >= 0.6 is 0 Å². The lowest BCUT2D eigenvalue weighted by molar-refractivity contribution is 0.000943. The predicted molar refractivity (Wildman–Crippen MR) is 114 cm³/mol. The Kier molecular flexibility index (Phi) is 4.54. The SMILES string of the molecule is CN1[C@H]2CCCC[C@H]3N(C(=O)c4nccn4C)[C@@H](Cc4ccccc4)[C@@H]1C[C@@]23C. The summed E-state index contributed by atoms with van der Waals surface area (Å²) in [6.07, 6.45) is 10.5. The first-order valence-electron chi connectivity index (χ1n) is 11.1. The van der Waals surface area contributed by atoms with Crippen molar-refractivity contribution >= 4 is 5.91 Å². The Labute approximate surface area is 173 Å². The molecule has 1 aliphatic carbocycles. The fourth-order valence-corrected chi connectivity index (χ4v) is 6.67. The third-order valence-corrected chi connectivity index (χ3v) is 8.06. The molecule has 2 aliphatic heterocycles. The topological polar surface area (TPSA) is 41.4 Å². The molecular weight excluding hydrogens is 360 g/mol. The van der Waals surface area contributed by atoms with Crippen LogP contribution in [0.25, 0.3) is 0 Å². The third-order valence-electron chi connectivity index (χ3n) is 8.06. The van der Waals surface area contributed by atoms with Crippen LogP contribution in [0.4, 0.5) is 0 Å². The average Bonchev–Trinajstić information content (AvgIpc) is 3.17. The van der Waals surface area contributed by atoms with Crippen molar-refractivity contribution in [3.63, 3.8) is 0 Å². The number of aryl methyl sites for hydroxylation is 1. The number of likely N-dealkylation sites (tertiary alicyclic amines) is 2. The van der Waals surface area contributed by atoms with Gasteiger partial charge < -0.3 is 9.47 Å². The lowest BCUT2D eigenvalue weighted by Crippen LogP contribution is -2.62. The van der Waals surface area contributed by atoms with Crippen molar-refractivity contribution in [3.05, 3.63) is 54.1 Å². The van der Waals surface area contributed by atoms with E-state index in [0.717, 1.165) is 12.8 Å². The van der Waals surface area contributed by atoms with Gasteiger partial charge in [-0.25, -0.2) is 4.98 Å². The Morgan fingerprint density at radius 2 is 1.86 bits per heavy atom. The molecule has 29 heavy (non-hydrogen) atoms. The van der Waals surface area contributed by atoms with Crippen molar-refractivity contribution in [1.82, 2.24) is 19.4 Å². The number of likely N-dealkylation sites (N-methyl/N-ethyl adjacent to an activating group) is 1. The number of fused-ring (bicyclic) bond motifs is 1. The maximum Gasteiger partial charge on any atom is 0.290 e. The summed E-state index contributed by atoms with van der Waals surface area (Å²) in [5.41, 5.74) is 1.48. The number of nitrogens with zero attached hydrogens (tertiary/aromatic N) is 4. The first kappa shape index (κ1) is 18.9. The normalized spacial score (nSPS) is 34.2. The molecule has 1 aromatic heterocycles. The molecule has 5 rings (SSSR count). The second-order valence-electron chi connectivity index (χ2n) is 9.59. The van der Waals surface area contributed by atoms with Gasteiger partial charge in [0.25, 0.3) is 5.91 Å². The van der Waals surface area contributed by atoms with E-state index in [2.05, 4.69) is 59.1 Å². The fourth-order valence-electron chi connectivity index (χ4n) is 6.67.